The highest BCUT2D eigenvalue weighted by atomic mass is 16.5. The lowest BCUT2D eigenvalue weighted by Gasteiger charge is -2.09. The minimum atomic E-state index is -0.961. The molecular formula is C15H19NO5. The van der Waals surface area contributed by atoms with Gasteiger partial charge in [0.25, 0.3) is 5.91 Å². The van der Waals surface area contributed by atoms with Gasteiger partial charge in [0.05, 0.1) is 13.7 Å². The molecule has 0 bridgehead atoms. The van der Waals surface area contributed by atoms with E-state index in [2.05, 4.69) is 0 Å². The van der Waals surface area contributed by atoms with E-state index in [4.69, 9.17) is 19.9 Å². The molecule has 0 fully saturated rings. The molecule has 21 heavy (non-hydrogen) atoms. The average Bonchev–Trinajstić information content (AvgIpc) is 2.46. The van der Waals surface area contributed by atoms with Gasteiger partial charge >= 0.3 is 5.97 Å². The average molecular weight is 293 g/mol. The Morgan fingerprint density at radius 2 is 2.05 bits per heavy atom. The SMILES string of the molecule is CCOc1ccc(/C=C/C(=O)O[C@H](C)C(N)=O)cc1OC. The van der Waals surface area contributed by atoms with E-state index in [0.717, 1.165) is 5.56 Å². The summed E-state index contributed by atoms with van der Waals surface area (Å²) in [5, 5.41) is 0. The molecule has 1 amide bonds. The maximum absolute atomic E-state index is 11.5. The molecule has 0 heterocycles. The monoisotopic (exact) mass is 293 g/mol. The Labute approximate surface area is 123 Å². The number of carbonyl (C=O) groups excluding carboxylic acids is 2. The first-order chi connectivity index (χ1) is 9.97. The van der Waals surface area contributed by atoms with Crippen molar-refractivity contribution < 1.29 is 23.8 Å². The Kier molecular flexibility index (Phi) is 6.26. The van der Waals surface area contributed by atoms with E-state index < -0.39 is 18.0 Å². The fourth-order valence-corrected chi connectivity index (χ4v) is 1.50. The van der Waals surface area contributed by atoms with Crippen molar-refractivity contribution in [2.24, 2.45) is 5.73 Å². The number of hydrogen-bond acceptors (Lipinski definition) is 5. The van der Waals surface area contributed by atoms with Crippen LogP contribution in [0.15, 0.2) is 24.3 Å². The van der Waals surface area contributed by atoms with E-state index in [1.165, 1.54) is 20.1 Å². The highest BCUT2D eigenvalue weighted by Gasteiger charge is 2.12. The summed E-state index contributed by atoms with van der Waals surface area (Å²) in [5.41, 5.74) is 5.74. The van der Waals surface area contributed by atoms with Crippen LogP contribution in [0.5, 0.6) is 11.5 Å². The van der Waals surface area contributed by atoms with E-state index in [0.29, 0.717) is 18.1 Å². The third-order valence-electron chi connectivity index (χ3n) is 2.59. The van der Waals surface area contributed by atoms with Gasteiger partial charge in [-0.1, -0.05) is 6.07 Å². The molecule has 0 saturated carbocycles. The predicted octanol–water partition coefficient (Wildman–Crippen LogP) is 1.52. The Balaban J connectivity index is 2.76. The van der Waals surface area contributed by atoms with Crippen LogP contribution in [-0.2, 0) is 14.3 Å². The quantitative estimate of drug-likeness (QED) is 0.608. The number of methoxy groups -OCH3 is 1. The smallest absolute Gasteiger partial charge is 0.331 e. The molecule has 1 atom stereocenters. The number of rotatable bonds is 7. The van der Waals surface area contributed by atoms with Crippen LogP contribution in [-0.4, -0.2) is 31.7 Å². The summed E-state index contributed by atoms with van der Waals surface area (Å²) >= 11 is 0. The molecule has 0 radical (unpaired) electrons. The van der Waals surface area contributed by atoms with Gasteiger partial charge < -0.3 is 19.9 Å². The van der Waals surface area contributed by atoms with Gasteiger partial charge in [-0.2, -0.15) is 0 Å². The summed E-state index contributed by atoms with van der Waals surface area (Å²) in [4.78, 5) is 22.3. The number of nitrogens with two attached hydrogens (primary N) is 1. The first-order valence-corrected chi connectivity index (χ1v) is 6.46. The molecule has 0 spiro atoms. The Morgan fingerprint density at radius 3 is 2.62 bits per heavy atom. The van der Waals surface area contributed by atoms with Crippen molar-refractivity contribution in [3.8, 4) is 11.5 Å². The summed E-state index contributed by atoms with van der Waals surface area (Å²) in [6.45, 7) is 3.82. The van der Waals surface area contributed by atoms with Crippen LogP contribution in [0.3, 0.4) is 0 Å². The zero-order chi connectivity index (χ0) is 15.8. The summed E-state index contributed by atoms with van der Waals surface area (Å²) in [6, 6.07) is 5.25. The molecule has 1 aromatic rings. The van der Waals surface area contributed by atoms with Crippen molar-refractivity contribution in [2.45, 2.75) is 20.0 Å². The minimum Gasteiger partial charge on any atom is -0.493 e. The topological polar surface area (TPSA) is 87.9 Å². The molecule has 0 unspecified atom stereocenters. The van der Waals surface area contributed by atoms with E-state index in [-0.39, 0.29) is 0 Å². The van der Waals surface area contributed by atoms with E-state index in [1.807, 2.05) is 6.92 Å². The maximum Gasteiger partial charge on any atom is 0.331 e. The molecule has 0 saturated heterocycles. The molecule has 0 aliphatic rings. The Hall–Kier alpha value is -2.50. The molecule has 114 valence electrons. The minimum absolute atomic E-state index is 0.531. The molecule has 0 aliphatic heterocycles. The van der Waals surface area contributed by atoms with Crippen molar-refractivity contribution in [3.63, 3.8) is 0 Å². The van der Waals surface area contributed by atoms with Gasteiger partial charge in [0.2, 0.25) is 0 Å². The van der Waals surface area contributed by atoms with Gasteiger partial charge in [0.1, 0.15) is 0 Å². The molecule has 6 nitrogen and oxygen atoms in total. The second-order valence-corrected chi connectivity index (χ2v) is 4.16. The first-order valence-electron chi connectivity index (χ1n) is 6.46. The van der Waals surface area contributed by atoms with Crippen molar-refractivity contribution in [1.29, 1.82) is 0 Å². The number of esters is 1. The lowest BCUT2D eigenvalue weighted by molar-refractivity contribution is -0.148. The van der Waals surface area contributed by atoms with Crippen molar-refractivity contribution in [2.75, 3.05) is 13.7 Å². The number of ether oxygens (including phenoxy) is 3. The zero-order valence-electron chi connectivity index (χ0n) is 12.3. The van der Waals surface area contributed by atoms with Gasteiger partial charge in [-0.25, -0.2) is 4.79 Å². The highest BCUT2D eigenvalue weighted by Crippen LogP contribution is 2.28. The van der Waals surface area contributed by atoms with Crippen LogP contribution in [0.1, 0.15) is 19.4 Å². The van der Waals surface area contributed by atoms with E-state index >= 15 is 0 Å². The summed E-state index contributed by atoms with van der Waals surface area (Å²) < 4.78 is 15.4. The molecule has 0 aromatic heterocycles. The normalized spacial score (nSPS) is 12.0. The van der Waals surface area contributed by atoms with Crippen LogP contribution in [0.2, 0.25) is 0 Å². The third-order valence-corrected chi connectivity index (χ3v) is 2.59. The van der Waals surface area contributed by atoms with E-state index in [9.17, 15) is 9.59 Å². The molecule has 2 N–H and O–H groups in total. The molecule has 6 heteroatoms. The van der Waals surface area contributed by atoms with Crippen LogP contribution >= 0.6 is 0 Å². The van der Waals surface area contributed by atoms with Gasteiger partial charge in [-0.3, -0.25) is 4.79 Å². The standard InChI is InChI=1S/C15H19NO5/c1-4-20-12-7-5-11(9-13(12)19-3)6-8-14(17)21-10(2)15(16)18/h5-10H,4H2,1-3H3,(H2,16,18)/b8-6+/t10-/m1/s1. The fraction of sp³-hybridized carbons (Fsp3) is 0.333. The predicted molar refractivity (Wildman–Crippen MR) is 77.9 cm³/mol. The largest absolute Gasteiger partial charge is 0.493 e. The summed E-state index contributed by atoms with van der Waals surface area (Å²) in [7, 11) is 1.54. The Bertz CT molecular complexity index is 539. The van der Waals surface area contributed by atoms with Crippen molar-refractivity contribution in [3.05, 3.63) is 29.8 Å². The molecule has 0 aliphatic carbocycles. The van der Waals surface area contributed by atoms with Crippen molar-refractivity contribution >= 4 is 18.0 Å². The number of amides is 1. The van der Waals surface area contributed by atoms with Crippen LogP contribution in [0.4, 0.5) is 0 Å². The number of benzene rings is 1. The molecule has 1 rings (SSSR count). The second-order valence-electron chi connectivity index (χ2n) is 4.16. The van der Waals surface area contributed by atoms with Crippen LogP contribution < -0.4 is 15.2 Å². The Morgan fingerprint density at radius 1 is 1.33 bits per heavy atom. The van der Waals surface area contributed by atoms with Gasteiger partial charge in [-0.05, 0) is 37.6 Å². The van der Waals surface area contributed by atoms with Gasteiger partial charge in [0.15, 0.2) is 17.6 Å². The fourth-order valence-electron chi connectivity index (χ4n) is 1.50. The van der Waals surface area contributed by atoms with Gasteiger partial charge in [-0.15, -0.1) is 0 Å². The maximum atomic E-state index is 11.5. The lowest BCUT2D eigenvalue weighted by Crippen LogP contribution is -2.29. The third kappa shape index (κ3) is 5.18. The molecular weight excluding hydrogens is 274 g/mol. The number of primary amides is 1. The van der Waals surface area contributed by atoms with Gasteiger partial charge in [0, 0.05) is 6.08 Å². The first kappa shape index (κ1) is 16.6. The number of hydrogen-bond donors (Lipinski definition) is 1. The zero-order valence-corrected chi connectivity index (χ0v) is 12.3. The molecule has 1 aromatic carbocycles. The van der Waals surface area contributed by atoms with E-state index in [1.54, 1.807) is 24.3 Å². The highest BCUT2D eigenvalue weighted by molar-refractivity contribution is 5.90. The van der Waals surface area contributed by atoms with Crippen LogP contribution in [0.25, 0.3) is 6.08 Å². The van der Waals surface area contributed by atoms with Crippen molar-refractivity contribution in [1.82, 2.24) is 0 Å². The lowest BCUT2D eigenvalue weighted by atomic mass is 10.2. The summed E-state index contributed by atoms with van der Waals surface area (Å²) in [5.74, 6) is -0.145. The number of carbonyl (C=O) groups is 2. The summed E-state index contributed by atoms with van der Waals surface area (Å²) in [6.07, 6.45) is 1.81. The second kappa shape index (κ2) is 7.94. The van der Waals surface area contributed by atoms with Crippen LogP contribution in [0, 0.1) is 0 Å².